The quantitative estimate of drug-likeness (QED) is 0.138. The first-order valence-corrected chi connectivity index (χ1v) is 45.8. The Morgan fingerprint density at radius 3 is 0.359 bits per heavy atom. The van der Waals surface area contributed by atoms with Crippen molar-refractivity contribution in [3.63, 3.8) is 0 Å². The molecule has 0 aliphatic carbocycles. The summed E-state index contributed by atoms with van der Waals surface area (Å²) >= 11 is 19.7. The van der Waals surface area contributed by atoms with Crippen LogP contribution >= 0.6 is 79.8 Å². The molecule has 0 saturated heterocycles. The van der Waals surface area contributed by atoms with E-state index in [9.17, 15) is 0 Å². The maximum Gasteiger partial charge on any atom is 2.00 e. The summed E-state index contributed by atoms with van der Waals surface area (Å²) in [6.45, 7) is 18.6. The predicted octanol–water partition coefficient (Wildman–Crippen LogP) is 6.43. The molecule has 10 N–H and O–H groups in total. The van der Waals surface area contributed by atoms with Crippen LogP contribution in [0.1, 0.15) is 22.3 Å². The van der Waals surface area contributed by atoms with Crippen molar-refractivity contribution >= 4 is 79.8 Å². The first-order valence-electron chi connectivity index (χ1n) is 16.0. The summed E-state index contributed by atoms with van der Waals surface area (Å²) in [5.41, 5.74) is 0. The van der Waals surface area contributed by atoms with E-state index in [1.807, 2.05) is 241 Å². The van der Waals surface area contributed by atoms with Crippen molar-refractivity contribution in [2.24, 2.45) is 0 Å². The standard InChI is InChI=1S/5C6H8N4.3CH4.6BrH.5Pt/c5*1-3-9(5-7-1)10-4-2-8-6-10;;;;;;;;;;;;;;/h5*1-8H;3*1H4;6*1H;;;;;/q5*-2;;;;;;;;;;2*+2;3*+4/p-6. The van der Waals surface area contributed by atoms with Crippen molar-refractivity contribution in [2.45, 2.75) is 22.3 Å². The fourth-order valence-corrected chi connectivity index (χ4v) is 4.25. The summed E-state index contributed by atoms with van der Waals surface area (Å²) in [4.78, 5) is 0. The largest absolute Gasteiger partial charge is 2.00 e. The zero-order valence-corrected chi connectivity index (χ0v) is 51.5. The molecule has 20 nitrogen and oxygen atoms in total. The molecule has 64 heavy (non-hydrogen) atoms. The van der Waals surface area contributed by atoms with Crippen molar-refractivity contribution in [1.29, 1.82) is 0 Å². The Balaban J connectivity index is -0.000000681. The van der Waals surface area contributed by atoms with Gasteiger partial charge in [0, 0.05) is 62.0 Å². The van der Waals surface area contributed by atoms with E-state index in [1.54, 1.807) is 0 Å². The van der Waals surface area contributed by atoms with Crippen LogP contribution in [0.15, 0.2) is 124 Å². The van der Waals surface area contributed by atoms with E-state index < -0.39 is 0 Å². The smallest absolute Gasteiger partial charge is 2.00 e. The van der Waals surface area contributed by atoms with Crippen molar-refractivity contribution in [3.05, 3.63) is 191 Å². The maximum absolute atomic E-state index is 3.17. The van der Waals surface area contributed by atoms with E-state index in [0.29, 0.717) is 0 Å². The molecule has 10 rings (SSSR count). The third-order valence-electron chi connectivity index (χ3n) is 6.64. The molecular weight excluding hydrogens is 2130 g/mol. The molecule has 0 unspecified atom stereocenters. The minimum absolute atomic E-state index is 0. The monoisotopic (exact) mass is 2180 g/mol. The molecule has 0 aromatic carbocycles. The second-order valence-corrected chi connectivity index (χ2v) is 39.9. The van der Waals surface area contributed by atoms with Gasteiger partial charge in [-0.25, -0.2) is 0 Å². The second kappa shape index (κ2) is 45.2. The fourth-order valence-electron chi connectivity index (χ4n) is 4.25. The molecule has 10 aliphatic rings. The van der Waals surface area contributed by atoms with Crippen LogP contribution in [0, 0.1) is 66.7 Å². The van der Waals surface area contributed by atoms with Crippen LogP contribution in [-0.2, 0) is 85.5 Å². The summed E-state index contributed by atoms with van der Waals surface area (Å²) in [5.74, 6) is 0. The number of nitrogens with zero attached hydrogens (tertiary/aromatic N) is 10. The Morgan fingerprint density at radius 2 is 0.312 bits per heavy atom. The molecule has 0 radical (unpaired) electrons. The number of rotatable bonds is 5. The molecule has 0 atom stereocenters. The van der Waals surface area contributed by atoms with Crippen molar-refractivity contribution < 1.29 is 85.5 Å². The first kappa shape index (κ1) is 68.0. The van der Waals surface area contributed by atoms with Crippen LogP contribution in [0.2, 0.25) is 0 Å². The predicted molar refractivity (Wildman–Crippen MR) is 258 cm³/mol. The van der Waals surface area contributed by atoms with Gasteiger partial charge in [-0.1, -0.05) is 22.3 Å². The van der Waals surface area contributed by atoms with Gasteiger partial charge < -0.3 is 103 Å². The van der Waals surface area contributed by atoms with Crippen LogP contribution in [0.4, 0.5) is 0 Å². The molecule has 10 aliphatic heterocycles. The molecule has 0 aromatic rings. The number of halogens is 6. The topological polar surface area (TPSA) is 153 Å². The minimum atomic E-state index is 0. The van der Waals surface area contributed by atoms with E-state index in [1.165, 1.54) is 0 Å². The molecule has 376 valence electrons. The Kier molecular flexibility index (Phi) is 48.0. The van der Waals surface area contributed by atoms with Gasteiger partial charge in [0.1, 0.15) is 0 Å². The van der Waals surface area contributed by atoms with E-state index in [0.717, 1.165) is 0 Å². The van der Waals surface area contributed by atoms with E-state index >= 15 is 0 Å². The molecule has 10 heterocycles. The molecule has 0 aromatic heterocycles. The first-order chi connectivity index (χ1) is 29.1. The van der Waals surface area contributed by atoms with Gasteiger partial charge in [-0.2, -0.15) is 0 Å². The Bertz CT molecular complexity index is 1100. The SMILES string of the molecule is C.C.C.C1=CN(N2C=CN[CH-]2)[CH-]N1.C1=CN(N2C=CN[CH-]2)[CH-]N1.C1=CN(N2C=CN[CH-]2)[CH-]N1.C1=CN(N2C=CN[CH-]2)[CH-]N1.C1=CN(N2C=CN[CH-]2)[CH-]N1.[Br][Pt+2][Br].[Br][Pt+2][Br].[Br][Pt+2][Br].[Pt+2].[Pt+2]. The number of hydrazine groups is 5. The summed E-state index contributed by atoms with van der Waals surface area (Å²) < 4.78 is 0. The average molecular weight is 2180 g/mol. The molecule has 31 heteroatoms. The number of hydrogen-bond acceptors (Lipinski definition) is 20. The zero-order valence-electron chi connectivity index (χ0n) is 30.6. The third kappa shape index (κ3) is 28.3. The summed E-state index contributed by atoms with van der Waals surface area (Å²) in [6.07, 6.45) is 37.9. The van der Waals surface area contributed by atoms with Crippen LogP contribution < -0.4 is 53.2 Å². The van der Waals surface area contributed by atoms with Crippen LogP contribution in [0.3, 0.4) is 0 Å². The van der Waals surface area contributed by atoms with Gasteiger partial charge in [-0.15, -0.1) is 66.7 Å². The normalized spacial score (nSPS) is 17.9. The number of hydrogen-bond donors (Lipinski definition) is 10. The molecule has 0 spiro atoms. The Labute approximate surface area is 475 Å². The fraction of sp³-hybridized carbons (Fsp3) is 0.0909. The second-order valence-electron chi connectivity index (χ2n) is 10.1. The summed E-state index contributed by atoms with van der Waals surface area (Å²) in [6, 6.07) is 0. The Morgan fingerprint density at radius 1 is 0.234 bits per heavy atom. The maximum atomic E-state index is 3.17. The molecular formula is C33H52Br6N20Pt5. The van der Waals surface area contributed by atoms with Gasteiger partial charge in [-0.05, 0) is 62.0 Å². The summed E-state index contributed by atoms with van der Waals surface area (Å²) in [7, 11) is 0. The Hall–Kier alpha value is -0.278. The van der Waals surface area contributed by atoms with Gasteiger partial charge >= 0.3 is 165 Å². The molecule has 0 amide bonds. The minimum Gasteiger partial charge on any atom is 2.00 e. The van der Waals surface area contributed by atoms with Crippen LogP contribution in [0.5, 0.6) is 0 Å². The van der Waals surface area contributed by atoms with Crippen molar-refractivity contribution in [1.82, 2.24) is 103 Å². The average Bonchev–Trinajstić information content (AvgIpc) is 4.09. The van der Waals surface area contributed by atoms with Crippen LogP contribution in [-0.4, -0.2) is 50.1 Å². The van der Waals surface area contributed by atoms with Gasteiger partial charge in [0.25, 0.3) is 0 Å². The molecule has 0 bridgehead atoms. The van der Waals surface area contributed by atoms with Gasteiger partial charge in [-0.3, -0.25) is 0 Å². The van der Waals surface area contributed by atoms with Crippen LogP contribution in [0.25, 0.3) is 0 Å². The molecule has 0 fully saturated rings. The zero-order chi connectivity index (χ0) is 42.2. The summed E-state index contributed by atoms with van der Waals surface area (Å²) in [5, 5.41) is 48.6. The van der Waals surface area contributed by atoms with E-state index in [4.69, 9.17) is 0 Å². The number of nitrogens with one attached hydrogen (secondary N) is 10. The van der Waals surface area contributed by atoms with E-state index in [2.05, 4.69) is 133 Å². The van der Waals surface area contributed by atoms with Crippen molar-refractivity contribution in [3.8, 4) is 0 Å². The van der Waals surface area contributed by atoms with Gasteiger partial charge in [0.15, 0.2) is 0 Å². The van der Waals surface area contributed by atoms with Gasteiger partial charge in [0.2, 0.25) is 0 Å². The molecule has 0 saturated carbocycles. The van der Waals surface area contributed by atoms with Crippen molar-refractivity contribution in [2.75, 3.05) is 0 Å². The van der Waals surface area contributed by atoms with Gasteiger partial charge in [0.05, 0.1) is 0 Å². The van der Waals surface area contributed by atoms with E-state index in [-0.39, 0.29) is 108 Å². The third-order valence-corrected chi connectivity index (χ3v) is 6.64.